The smallest absolute Gasteiger partial charge is 0.182 e. The molecule has 1 aromatic carbocycles. The third kappa shape index (κ3) is 2.89. The molecular formula is C8H12N4S. The van der Waals surface area contributed by atoms with Crippen molar-refractivity contribution in [3.63, 3.8) is 0 Å². The van der Waals surface area contributed by atoms with E-state index in [9.17, 15) is 0 Å². The van der Waals surface area contributed by atoms with E-state index < -0.39 is 0 Å². The average molecular weight is 196 g/mol. The van der Waals surface area contributed by atoms with Gasteiger partial charge in [0.05, 0.1) is 5.69 Å². The van der Waals surface area contributed by atoms with Gasteiger partial charge in [-0.3, -0.25) is 10.9 Å². The van der Waals surface area contributed by atoms with Gasteiger partial charge in [-0.1, -0.05) is 18.2 Å². The highest BCUT2D eigenvalue weighted by molar-refractivity contribution is 7.80. The first-order chi connectivity index (χ1) is 6.24. The van der Waals surface area contributed by atoms with Crippen LogP contribution in [0.5, 0.6) is 0 Å². The SMILES string of the molecule is NCc1ccccc1NNC(N)=S. The Morgan fingerprint density at radius 1 is 1.38 bits per heavy atom. The second-order valence-electron chi connectivity index (χ2n) is 2.48. The van der Waals surface area contributed by atoms with Crippen molar-refractivity contribution in [2.24, 2.45) is 11.5 Å². The highest BCUT2D eigenvalue weighted by Gasteiger charge is 1.97. The van der Waals surface area contributed by atoms with Crippen molar-refractivity contribution in [3.8, 4) is 0 Å². The van der Waals surface area contributed by atoms with E-state index in [0.717, 1.165) is 11.3 Å². The summed E-state index contributed by atoms with van der Waals surface area (Å²) in [6, 6.07) is 7.66. The third-order valence-corrected chi connectivity index (χ3v) is 1.66. The van der Waals surface area contributed by atoms with Crippen LogP contribution in [0.4, 0.5) is 5.69 Å². The molecule has 0 saturated heterocycles. The van der Waals surface area contributed by atoms with Crippen LogP contribution < -0.4 is 22.3 Å². The summed E-state index contributed by atoms with van der Waals surface area (Å²) in [5.41, 5.74) is 18.2. The van der Waals surface area contributed by atoms with E-state index in [-0.39, 0.29) is 5.11 Å². The zero-order chi connectivity index (χ0) is 9.68. The standard InChI is InChI=1S/C8H12N4S/c9-5-6-3-1-2-4-7(6)11-12-8(10)13/h1-4,11H,5,9H2,(H3,10,12,13). The largest absolute Gasteiger partial charge is 0.375 e. The number of anilines is 1. The van der Waals surface area contributed by atoms with Crippen LogP contribution >= 0.6 is 12.2 Å². The van der Waals surface area contributed by atoms with Crippen LogP contribution in [0.15, 0.2) is 24.3 Å². The lowest BCUT2D eigenvalue weighted by molar-refractivity contribution is 1.04. The third-order valence-electron chi connectivity index (χ3n) is 1.56. The summed E-state index contributed by atoms with van der Waals surface area (Å²) >= 11 is 4.65. The second kappa shape index (κ2) is 4.64. The summed E-state index contributed by atoms with van der Waals surface area (Å²) in [6.45, 7) is 0.474. The highest BCUT2D eigenvalue weighted by Crippen LogP contribution is 2.12. The van der Waals surface area contributed by atoms with Crippen molar-refractivity contribution >= 4 is 23.0 Å². The molecule has 5 heteroatoms. The molecule has 0 aliphatic heterocycles. The summed E-state index contributed by atoms with van der Waals surface area (Å²) in [6.07, 6.45) is 0. The summed E-state index contributed by atoms with van der Waals surface area (Å²) in [4.78, 5) is 0. The number of thiocarbonyl (C=S) groups is 1. The van der Waals surface area contributed by atoms with Crippen LogP contribution in [0.25, 0.3) is 0 Å². The van der Waals surface area contributed by atoms with Crippen molar-refractivity contribution in [3.05, 3.63) is 29.8 Å². The zero-order valence-corrected chi connectivity index (χ0v) is 7.90. The average Bonchev–Trinajstić information content (AvgIpc) is 2.15. The minimum atomic E-state index is 0.201. The van der Waals surface area contributed by atoms with Crippen LogP contribution in [0.1, 0.15) is 5.56 Å². The first-order valence-electron chi connectivity index (χ1n) is 3.83. The van der Waals surface area contributed by atoms with Gasteiger partial charge < -0.3 is 11.5 Å². The maximum atomic E-state index is 5.53. The number of para-hydroxylation sites is 1. The van der Waals surface area contributed by atoms with E-state index in [1.54, 1.807) is 0 Å². The molecule has 1 rings (SSSR count). The first kappa shape index (κ1) is 9.76. The molecule has 0 radical (unpaired) electrons. The summed E-state index contributed by atoms with van der Waals surface area (Å²) in [5, 5.41) is 0.201. The first-order valence-corrected chi connectivity index (χ1v) is 4.24. The van der Waals surface area contributed by atoms with Crippen LogP contribution in [0.3, 0.4) is 0 Å². The maximum absolute atomic E-state index is 5.53. The van der Waals surface area contributed by atoms with Crippen LogP contribution in [-0.2, 0) is 6.54 Å². The van der Waals surface area contributed by atoms with E-state index in [4.69, 9.17) is 11.5 Å². The van der Waals surface area contributed by atoms with Crippen LogP contribution in [0, 0.1) is 0 Å². The molecular weight excluding hydrogens is 184 g/mol. The number of benzene rings is 1. The number of nitrogens with one attached hydrogen (secondary N) is 2. The van der Waals surface area contributed by atoms with Gasteiger partial charge in [-0.15, -0.1) is 0 Å². The van der Waals surface area contributed by atoms with Crippen LogP contribution in [-0.4, -0.2) is 5.11 Å². The van der Waals surface area contributed by atoms with E-state index in [1.807, 2.05) is 24.3 Å². The Bertz CT molecular complexity index is 300. The number of hydrogen-bond donors (Lipinski definition) is 4. The highest BCUT2D eigenvalue weighted by atomic mass is 32.1. The molecule has 0 heterocycles. The molecule has 0 amide bonds. The normalized spacial score (nSPS) is 9.31. The lowest BCUT2D eigenvalue weighted by Gasteiger charge is -2.10. The van der Waals surface area contributed by atoms with Crippen molar-refractivity contribution in [1.29, 1.82) is 0 Å². The number of rotatable bonds is 3. The summed E-state index contributed by atoms with van der Waals surface area (Å²) in [5.74, 6) is 0. The Hall–Kier alpha value is -1.33. The van der Waals surface area contributed by atoms with Crippen molar-refractivity contribution in [2.45, 2.75) is 6.54 Å². The molecule has 0 saturated carbocycles. The zero-order valence-electron chi connectivity index (χ0n) is 7.08. The van der Waals surface area contributed by atoms with Gasteiger partial charge in [0.2, 0.25) is 0 Å². The predicted octanol–water partition coefficient (Wildman–Crippen LogP) is 0.305. The molecule has 70 valence electrons. The van der Waals surface area contributed by atoms with Gasteiger partial charge in [-0.05, 0) is 23.8 Å². The lowest BCUT2D eigenvalue weighted by atomic mass is 10.2. The van der Waals surface area contributed by atoms with E-state index in [2.05, 4.69) is 23.1 Å². The Balaban J connectivity index is 2.69. The molecule has 6 N–H and O–H groups in total. The quantitative estimate of drug-likeness (QED) is 0.413. The van der Waals surface area contributed by atoms with Gasteiger partial charge in [0, 0.05) is 6.54 Å². The Morgan fingerprint density at radius 2 is 2.08 bits per heavy atom. The summed E-state index contributed by atoms with van der Waals surface area (Å²) in [7, 11) is 0. The van der Waals surface area contributed by atoms with E-state index in [1.165, 1.54) is 0 Å². The van der Waals surface area contributed by atoms with Gasteiger partial charge in [0.15, 0.2) is 5.11 Å². The fourth-order valence-corrected chi connectivity index (χ4v) is 1.00. The Kier molecular flexibility index (Phi) is 3.48. The molecule has 0 fully saturated rings. The van der Waals surface area contributed by atoms with Crippen molar-refractivity contribution < 1.29 is 0 Å². The van der Waals surface area contributed by atoms with Gasteiger partial charge in [-0.2, -0.15) is 0 Å². The van der Waals surface area contributed by atoms with Gasteiger partial charge in [-0.25, -0.2) is 0 Å². The van der Waals surface area contributed by atoms with E-state index >= 15 is 0 Å². The fourth-order valence-electron chi connectivity index (χ4n) is 0.949. The van der Waals surface area contributed by atoms with Gasteiger partial charge in [0.1, 0.15) is 0 Å². The van der Waals surface area contributed by atoms with Crippen molar-refractivity contribution in [2.75, 3.05) is 5.43 Å². The Labute approximate surface area is 82.3 Å². The molecule has 0 unspecified atom stereocenters. The topological polar surface area (TPSA) is 76.1 Å². The predicted molar refractivity (Wildman–Crippen MR) is 57.9 cm³/mol. The maximum Gasteiger partial charge on any atom is 0.182 e. The Morgan fingerprint density at radius 3 is 2.69 bits per heavy atom. The van der Waals surface area contributed by atoms with E-state index in [0.29, 0.717) is 6.54 Å². The monoisotopic (exact) mass is 196 g/mol. The lowest BCUT2D eigenvalue weighted by Crippen LogP contribution is -2.34. The molecule has 0 aromatic heterocycles. The van der Waals surface area contributed by atoms with Gasteiger partial charge >= 0.3 is 0 Å². The molecule has 0 aliphatic carbocycles. The van der Waals surface area contributed by atoms with Crippen molar-refractivity contribution in [1.82, 2.24) is 5.43 Å². The molecule has 0 atom stereocenters. The van der Waals surface area contributed by atoms with Crippen LogP contribution in [0.2, 0.25) is 0 Å². The van der Waals surface area contributed by atoms with Gasteiger partial charge in [0.25, 0.3) is 0 Å². The summed E-state index contributed by atoms with van der Waals surface area (Å²) < 4.78 is 0. The molecule has 1 aromatic rings. The fraction of sp³-hybridized carbons (Fsp3) is 0.125. The molecule has 0 aliphatic rings. The number of hydrazine groups is 1. The number of hydrogen-bond acceptors (Lipinski definition) is 3. The molecule has 13 heavy (non-hydrogen) atoms. The molecule has 0 spiro atoms. The molecule has 0 bridgehead atoms. The number of nitrogens with two attached hydrogens (primary N) is 2. The minimum Gasteiger partial charge on any atom is -0.375 e. The molecule has 4 nitrogen and oxygen atoms in total. The second-order valence-corrected chi connectivity index (χ2v) is 2.92. The minimum absolute atomic E-state index is 0.201.